The highest BCUT2D eigenvalue weighted by atomic mass is 19.2. The monoisotopic (exact) mass is 285 g/mol. The molecule has 1 aromatic carbocycles. The van der Waals surface area contributed by atoms with Crippen LogP contribution in [0.5, 0.6) is 0 Å². The lowest BCUT2D eigenvalue weighted by molar-refractivity contribution is -0.122. The molecule has 0 saturated heterocycles. The molecule has 20 heavy (non-hydrogen) atoms. The largest absolute Gasteiger partial charge is 0.391 e. The normalized spacial score (nSPS) is 15.5. The van der Waals surface area contributed by atoms with E-state index < -0.39 is 29.7 Å². The Kier molecular flexibility index (Phi) is 6.07. The molecule has 3 atom stereocenters. The fourth-order valence-corrected chi connectivity index (χ4v) is 2.09. The van der Waals surface area contributed by atoms with Crippen molar-refractivity contribution >= 4 is 5.91 Å². The van der Waals surface area contributed by atoms with Crippen LogP contribution in [0.15, 0.2) is 18.2 Å². The topological polar surface area (TPSA) is 49.3 Å². The van der Waals surface area contributed by atoms with E-state index in [0.29, 0.717) is 0 Å². The third-order valence-corrected chi connectivity index (χ3v) is 3.49. The van der Waals surface area contributed by atoms with Crippen molar-refractivity contribution in [3.8, 4) is 0 Å². The summed E-state index contributed by atoms with van der Waals surface area (Å²) in [7, 11) is 0. The zero-order chi connectivity index (χ0) is 15.3. The molecule has 1 amide bonds. The molecule has 1 unspecified atom stereocenters. The van der Waals surface area contributed by atoms with E-state index in [1.807, 2.05) is 13.8 Å². The third-order valence-electron chi connectivity index (χ3n) is 3.49. The number of hydrogen-bond donors (Lipinski definition) is 2. The lowest BCUT2D eigenvalue weighted by atomic mass is 9.94. The first-order chi connectivity index (χ1) is 9.36. The van der Waals surface area contributed by atoms with E-state index in [2.05, 4.69) is 5.32 Å². The average Bonchev–Trinajstić information content (AvgIpc) is 2.40. The summed E-state index contributed by atoms with van der Waals surface area (Å²) < 4.78 is 26.5. The van der Waals surface area contributed by atoms with Gasteiger partial charge in [-0.25, -0.2) is 8.78 Å². The summed E-state index contributed by atoms with van der Waals surface area (Å²) in [5, 5.41) is 12.4. The van der Waals surface area contributed by atoms with Crippen molar-refractivity contribution in [3.63, 3.8) is 0 Å². The van der Waals surface area contributed by atoms with Gasteiger partial charge in [-0.05, 0) is 18.9 Å². The highest BCUT2D eigenvalue weighted by Gasteiger charge is 2.23. The Morgan fingerprint density at radius 3 is 2.55 bits per heavy atom. The van der Waals surface area contributed by atoms with Gasteiger partial charge in [0, 0.05) is 5.56 Å². The highest BCUT2D eigenvalue weighted by Crippen LogP contribution is 2.14. The maximum atomic E-state index is 13.5. The number of rotatable bonds is 6. The van der Waals surface area contributed by atoms with Crippen LogP contribution in [0.3, 0.4) is 0 Å². The van der Waals surface area contributed by atoms with Gasteiger partial charge >= 0.3 is 0 Å². The van der Waals surface area contributed by atoms with E-state index in [1.54, 1.807) is 6.92 Å². The molecule has 0 bridgehead atoms. The summed E-state index contributed by atoms with van der Waals surface area (Å²) in [6.07, 6.45) is -0.154. The molecule has 1 aromatic rings. The number of hydrogen-bond acceptors (Lipinski definition) is 2. The summed E-state index contributed by atoms with van der Waals surface area (Å²) >= 11 is 0. The molecule has 1 rings (SSSR count). The second-order valence-electron chi connectivity index (χ2n) is 5.11. The summed E-state index contributed by atoms with van der Waals surface area (Å²) in [5.41, 5.74) is 0.0102. The van der Waals surface area contributed by atoms with Crippen LogP contribution in [0.4, 0.5) is 8.78 Å². The number of aliphatic hydroxyl groups excluding tert-OH is 1. The zero-order valence-corrected chi connectivity index (χ0v) is 12.0. The minimum absolute atomic E-state index is 0.0102. The van der Waals surface area contributed by atoms with Crippen LogP contribution in [0.2, 0.25) is 0 Å². The van der Waals surface area contributed by atoms with E-state index in [-0.39, 0.29) is 17.9 Å². The summed E-state index contributed by atoms with van der Waals surface area (Å²) in [4.78, 5) is 11.9. The average molecular weight is 285 g/mol. The molecule has 0 aliphatic carbocycles. The van der Waals surface area contributed by atoms with Gasteiger partial charge in [-0.3, -0.25) is 4.79 Å². The Morgan fingerprint density at radius 2 is 2.00 bits per heavy atom. The van der Waals surface area contributed by atoms with Crippen LogP contribution in [0, 0.1) is 17.6 Å². The second kappa shape index (κ2) is 7.33. The number of nitrogens with one attached hydrogen (secondary N) is 1. The van der Waals surface area contributed by atoms with Crippen molar-refractivity contribution in [1.82, 2.24) is 5.32 Å². The third kappa shape index (κ3) is 4.27. The molecule has 5 heteroatoms. The van der Waals surface area contributed by atoms with Gasteiger partial charge in [-0.1, -0.05) is 32.4 Å². The van der Waals surface area contributed by atoms with E-state index in [9.17, 15) is 18.7 Å². The predicted octanol–water partition coefficient (Wildman–Crippen LogP) is 2.42. The minimum Gasteiger partial charge on any atom is -0.391 e. The minimum atomic E-state index is -1.00. The van der Waals surface area contributed by atoms with Gasteiger partial charge in [0.05, 0.1) is 18.6 Å². The van der Waals surface area contributed by atoms with Crippen LogP contribution in [0.25, 0.3) is 0 Å². The van der Waals surface area contributed by atoms with Crippen LogP contribution >= 0.6 is 0 Å². The van der Waals surface area contributed by atoms with Crippen LogP contribution in [0.1, 0.15) is 32.8 Å². The predicted molar refractivity (Wildman–Crippen MR) is 73.1 cm³/mol. The van der Waals surface area contributed by atoms with Crippen LogP contribution in [-0.2, 0) is 11.2 Å². The van der Waals surface area contributed by atoms with Gasteiger partial charge in [-0.2, -0.15) is 0 Å². The summed E-state index contributed by atoms with van der Waals surface area (Å²) in [5.74, 6) is -2.30. The number of carbonyl (C=O) groups is 1. The molecule has 0 spiro atoms. The number of benzene rings is 1. The molecular weight excluding hydrogens is 264 g/mol. The molecule has 2 N–H and O–H groups in total. The first-order valence-corrected chi connectivity index (χ1v) is 6.77. The molecule has 0 aliphatic rings. The van der Waals surface area contributed by atoms with E-state index in [1.165, 1.54) is 12.1 Å². The van der Waals surface area contributed by atoms with E-state index in [0.717, 1.165) is 12.5 Å². The fraction of sp³-hybridized carbons (Fsp3) is 0.533. The van der Waals surface area contributed by atoms with Crippen molar-refractivity contribution in [2.24, 2.45) is 5.92 Å². The molecule has 0 radical (unpaired) electrons. The lowest BCUT2D eigenvalue weighted by Gasteiger charge is -2.27. The SMILES string of the molecule is CC[C@H](C)[C@H](NC(=O)Cc1cccc(F)c1F)C(C)O. The van der Waals surface area contributed by atoms with Gasteiger partial charge in [-0.15, -0.1) is 0 Å². The summed E-state index contributed by atoms with van der Waals surface area (Å²) in [6.45, 7) is 5.47. The first-order valence-electron chi connectivity index (χ1n) is 6.77. The molecule has 112 valence electrons. The molecule has 0 fully saturated rings. The number of aliphatic hydroxyl groups is 1. The summed E-state index contributed by atoms with van der Waals surface area (Å²) in [6, 6.07) is 3.35. The van der Waals surface area contributed by atoms with E-state index in [4.69, 9.17) is 0 Å². The van der Waals surface area contributed by atoms with Gasteiger partial charge in [0.1, 0.15) is 0 Å². The fourth-order valence-electron chi connectivity index (χ4n) is 2.09. The van der Waals surface area contributed by atoms with Gasteiger partial charge < -0.3 is 10.4 Å². The Balaban J connectivity index is 2.73. The Hall–Kier alpha value is -1.49. The smallest absolute Gasteiger partial charge is 0.224 e. The molecule has 0 aromatic heterocycles. The van der Waals surface area contributed by atoms with Crippen molar-refractivity contribution in [2.75, 3.05) is 0 Å². The Labute approximate surface area is 118 Å². The Morgan fingerprint density at radius 1 is 1.35 bits per heavy atom. The molecular formula is C15H21F2NO2. The van der Waals surface area contributed by atoms with Crippen molar-refractivity contribution < 1.29 is 18.7 Å². The first kappa shape index (κ1) is 16.6. The molecule has 3 nitrogen and oxygen atoms in total. The number of carbonyl (C=O) groups excluding carboxylic acids is 1. The molecule has 0 heterocycles. The highest BCUT2D eigenvalue weighted by molar-refractivity contribution is 5.79. The second-order valence-corrected chi connectivity index (χ2v) is 5.11. The van der Waals surface area contributed by atoms with Crippen LogP contribution < -0.4 is 5.32 Å². The number of halogens is 2. The maximum Gasteiger partial charge on any atom is 0.224 e. The maximum absolute atomic E-state index is 13.5. The van der Waals surface area contributed by atoms with Gasteiger partial charge in [0.2, 0.25) is 5.91 Å². The van der Waals surface area contributed by atoms with E-state index >= 15 is 0 Å². The van der Waals surface area contributed by atoms with Crippen molar-refractivity contribution in [3.05, 3.63) is 35.4 Å². The Bertz CT molecular complexity index is 463. The quantitative estimate of drug-likeness (QED) is 0.843. The molecule has 0 saturated carbocycles. The van der Waals surface area contributed by atoms with Gasteiger partial charge in [0.25, 0.3) is 0 Å². The van der Waals surface area contributed by atoms with Crippen molar-refractivity contribution in [2.45, 2.75) is 45.8 Å². The lowest BCUT2D eigenvalue weighted by Crippen LogP contribution is -2.46. The van der Waals surface area contributed by atoms with Crippen molar-refractivity contribution in [1.29, 1.82) is 0 Å². The zero-order valence-electron chi connectivity index (χ0n) is 12.0. The number of amides is 1. The molecule has 0 aliphatic heterocycles. The van der Waals surface area contributed by atoms with Gasteiger partial charge in [0.15, 0.2) is 11.6 Å². The van der Waals surface area contributed by atoms with Crippen LogP contribution in [-0.4, -0.2) is 23.2 Å². The standard InChI is InChI=1S/C15H21F2NO2/c1-4-9(2)15(10(3)19)18-13(20)8-11-6-5-7-12(16)14(11)17/h5-7,9-10,15,19H,4,8H2,1-3H3,(H,18,20)/t9-,10?,15-/m0/s1.